The molecule has 0 radical (unpaired) electrons. The average molecular weight is 281 g/mol. The standard InChI is InChI=1S/C18H35NO/c1-5-19-17(15-10-12-20-13-11-15)14-6-8-16(9-7-14)18(2,3)4/h14-17,19H,5-13H2,1-4H3. The van der Waals surface area contributed by atoms with Gasteiger partial charge in [0.1, 0.15) is 0 Å². The maximum atomic E-state index is 5.55. The highest BCUT2D eigenvalue weighted by Gasteiger charge is 2.35. The van der Waals surface area contributed by atoms with E-state index in [2.05, 4.69) is 33.0 Å². The van der Waals surface area contributed by atoms with Crippen LogP contribution in [0.3, 0.4) is 0 Å². The van der Waals surface area contributed by atoms with Crippen molar-refractivity contribution in [2.45, 2.75) is 72.3 Å². The van der Waals surface area contributed by atoms with E-state index in [1.807, 2.05) is 0 Å². The van der Waals surface area contributed by atoms with Crippen molar-refractivity contribution in [3.8, 4) is 0 Å². The molecule has 2 rings (SSSR count). The zero-order valence-corrected chi connectivity index (χ0v) is 14.1. The Morgan fingerprint density at radius 1 is 0.950 bits per heavy atom. The Balaban J connectivity index is 1.90. The van der Waals surface area contributed by atoms with Crippen LogP contribution in [0.4, 0.5) is 0 Å². The van der Waals surface area contributed by atoms with Crippen LogP contribution < -0.4 is 5.32 Å². The number of rotatable bonds is 4. The summed E-state index contributed by atoms with van der Waals surface area (Å²) in [4.78, 5) is 0. The van der Waals surface area contributed by atoms with Crippen LogP contribution >= 0.6 is 0 Å². The Kier molecular flexibility index (Phi) is 5.92. The van der Waals surface area contributed by atoms with Crippen molar-refractivity contribution in [2.24, 2.45) is 23.2 Å². The molecule has 0 aromatic carbocycles. The third kappa shape index (κ3) is 4.21. The highest BCUT2D eigenvalue weighted by atomic mass is 16.5. The highest BCUT2D eigenvalue weighted by molar-refractivity contribution is 4.89. The summed E-state index contributed by atoms with van der Waals surface area (Å²) in [5, 5.41) is 3.82. The summed E-state index contributed by atoms with van der Waals surface area (Å²) in [5.74, 6) is 2.67. The van der Waals surface area contributed by atoms with Crippen molar-refractivity contribution < 1.29 is 4.74 Å². The van der Waals surface area contributed by atoms with Gasteiger partial charge in [-0.2, -0.15) is 0 Å². The van der Waals surface area contributed by atoms with E-state index in [0.29, 0.717) is 5.41 Å². The molecule has 1 heterocycles. The topological polar surface area (TPSA) is 21.3 Å². The number of ether oxygens (including phenoxy) is 1. The largest absolute Gasteiger partial charge is 0.381 e. The van der Waals surface area contributed by atoms with Crippen LogP contribution in [0, 0.1) is 23.2 Å². The summed E-state index contributed by atoms with van der Waals surface area (Å²) in [6.45, 7) is 12.6. The Morgan fingerprint density at radius 3 is 2.00 bits per heavy atom. The van der Waals surface area contributed by atoms with E-state index in [9.17, 15) is 0 Å². The van der Waals surface area contributed by atoms with Crippen molar-refractivity contribution in [3.63, 3.8) is 0 Å². The first-order valence-corrected chi connectivity index (χ1v) is 8.83. The summed E-state index contributed by atoms with van der Waals surface area (Å²) in [6.07, 6.45) is 8.24. The summed E-state index contributed by atoms with van der Waals surface area (Å²) in [6, 6.07) is 0.741. The first-order chi connectivity index (χ1) is 9.52. The van der Waals surface area contributed by atoms with Crippen molar-refractivity contribution in [3.05, 3.63) is 0 Å². The summed E-state index contributed by atoms with van der Waals surface area (Å²) < 4.78 is 5.55. The number of hydrogen-bond donors (Lipinski definition) is 1. The molecular formula is C18H35NO. The van der Waals surface area contributed by atoms with Crippen molar-refractivity contribution >= 4 is 0 Å². The lowest BCUT2D eigenvalue weighted by Gasteiger charge is -2.42. The van der Waals surface area contributed by atoms with Crippen LogP contribution in [0.5, 0.6) is 0 Å². The van der Waals surface area contributed by atoms with Crippen LogP contribution in [0.1, 0.15) is 66.2 Å². The van der Waals surface area contributed by atoms with E-state index in [1.54, 1.807) is 0 Å². The fraction of sp³-hybridized carbons (Fsp3) is 1.00. The first kappa shape index (κ1) is 16.3. The lowest BCUT2D eigenvalue weighted by atomic mass is 9.67. The van der Waals surface area contributed by atoms with Gasteiger partial charge < -0.3 is 10.1 Å². The van der Waals surface area contributed by atoms with Crippen molar-refractivity contribution in [1.29, 1.82) is 0 Å². The summed E-state index contributed by atoms with van der Waals surface area (Å²) in [7, 11) is 0. The first-order valence-electron chi connectivity index (χ1n) is 8.83. The fourth-order valence-corrected chi connectivity index (χ4v) is 4.37. The van der Waals surface area contributed by atoms with Gasteiger partial charge in [-0.3, -0.25) is 0 Å². The van der Waals surface area contributed by atoms with Crippen LogP contribution in [0.2, 0.25) is 0 Å². The van der Waals surface area contributed by atoms with E-state index < -0.39 is 0 Å². The quantitative estimate of drug-likeness (QED) is 0.832. The third-order valence-electron chi connectivity index (χ3n) is 5.72. The average Bonchev–Trinajstić information content (AvgIpc) is 2.45. The minimum atomic E-state index is 0.497. The maximum absolute atomic E-state index is 5.55. The molecule has 2 heteroatoms. The molecule has 0 spiro atoms. The van der Waals surface area contributed by atoms with E-state index in [1.165, 1.54) is 38.5 Å². The van der Waals surface area contributed by atoms with Gasteiger partial charge in [-0.25, -0.2) is 0 Å². The Bertz CT molecular complexity index is 270. The molecule has 1 atom stereocenters. The zero-order chi connectivity index (χ0) is 14.6. The Morgan fingerprint density at radius 2 is 1.50 bits per heavy atom. The van der Waals surface area contributed by atoms with E-state index in [-0.39, 0.29) is 0 Å². The molecule has 2 aliphatic rings. The van der Waals surface area contributed by atoms with Gasteiger partial charge in [0.05, 0.1) is 0 Å². The molecule has 1 N–H and O–H groups in total. The van der Waals surface area contributed by atoms with Crippen LogP contribution in [0.25, 0.3) is 0 Å². The monoisotopic (exact) mass is 281 g/mol. The zero-order valence-electron chi connectivity index (χ0n) is 14.1. The second-order valence-corrected chi connectivity index (χ2v) is 8.01. The minimum absolute atomic E-state index is 0.497. The SMILES string of the molecule is CCNC(C1CCOCC1)C1CCC(C(C)(C)C)CC1. The Labute approximate surface area is 126 Å². The molecule has 1 saturated carbocycles. The predicted molar refractivity (Wildman–Crippen MR) is 85.9 cm³/mol. The van der Waals surface area contributed by atoms with Gasteiger partial charge in [0, 0.05) is 19.3 Å². The minimum Gasteiger partial charge on any atom is -0.381 e. The Hall–Kier alpha value is -0.0800. The van der Waals surface area contributed by atoms with Crippen LogP contribution in [0.15, 0.2) is 0 Å². The van der Waals surface area contributed by atoms with Gasteiger partial charge in [0.2, 0.25) is 0 Å². The highest BCUT2D eigenvalue weighted by Crippen LogP contribution is 2.42. The van der Waals surface area contributed by atoms with Gasteiger partial charge in [0.25, 0.3) is 0 Å². The lowest BCUT2D eigenvalue weighted by molar-refractivity contribution is 0.0345. The number of nitrogens with one attached hydrogen (secondary N) is 1. The molecule has 118 valence electrons. The molecule has 1 unspecified atom stereocenters. The van der Waals surface area contributed by atoms with E-state index in [0.717, 1.165) is 43.6 Å². The van der Waals surface area contributed by atoms with Gasteiger partial charge in [0.15, 0.2) is 0 Å². The van der Waals surface area contributed by atoms with Crippen molar-refractivity contribution in [1.82, 2.24) is 5.32 Å². The molecule has 0 bridgehead atoms. The molecule has 2 nitrogen and oxygen atoms in total. The normalized spacial score (nSPS) is 31.2. The second-order valence-electron chi connectivity index (χ2n) is 8.01. The fourth-order valence-electron chi connectivity index (χ4n) is 4.37. The molecular weight excluding hydrogens is 246 g/mol. The van der Waals surface area contributed by atoms with Crippen molar-refractivity contribution in [2.75, 3.05) is 19.8 Å². The lowest BCUT2D eigenvalue weighted by Crippen LogP contribution is -2.46. The van der Waals surface area contributed by atoms with Gasteiger partial charge in [-0.1, -0.05) is 27.7 Å². The van der Waals surface area contributed by atoms with Gasteiger partial charge in [-0.15, -0.1) is 0 Å². The maximum Gasteiger partial charge on any atom is 0.0469 e. The molecule has 2 fully saturated rings. The molecule has 1 saturated heterocycles. The molecule has 20 heavy (non-hydrogen) atoms. The third-order valence-corrected chi connectivity index (χ3v) is 5.72. The second kappa shape index (κ2) is 7.26. The summed E-state index contributed by atoms with van der Waals surface area (Å²) in [5.41, 5.74) is 0.497. The molecule has 0 aromatic heterocycles. The van der Waals surface area contributed by atoms with E-state index in [4.69, 9.17) is 4.74 Å². The number of hydrogen-bond acceptors (Lipinski definition) is 2. The van der Waals surface area contributed by atoms with Gasteiger partial charge in [-0.05, 0) is 68.2 Å². The predicted octanol–water partition coefficient (Wildman–Crippen LogP) is 4.24. The smallest absolute Gasteiger partial charge is 0.0469 e. The molecule has 1 aliphatic heterocycles. The molecule has 0 amide bonds. The molecule has 1 aliphatic carbocycles. The van der Waals surface area contributed by atoms with Gasteiger partial charge >= 0.3 is 0 Å². The van der Waals surface area contributed by atoms with Crippen LogP contribution in [-0.2, 0) is 4.74 Å². The summed E-state index contributed by atoms with van der Waals surface area (Å²) >= 11 is 0. The van der Waals surface area contributed by atoms with Crippen LogP contribution in [-0.4, -0.2) is 25.8 Å². The van der Waals surface area contributed by atoms with E-state index >= 15 is 0 Å². The molecule has 0 aromatic rings.